The Labute approximate surface area is 69.3 Å². The molecule has 0 spiro atoms. The molecule has 0 bridgehead atoms. The third kappa shape index (κ3) is 5.26. The molecule has 0 amide bonds. The lowest BCUT2D eigenvalue weighted by Gasteiger charge is -2.13. The Morgan fingerprint density at radius 3 is 2.42 bits per heavy atom. The molecule has 0 aromatic heterocycles. The van der Waals surface area contributed by atoms with E-state index >= 15 is 0 Å². The second kappa shape index (κ2) is 4.57. The molecule has 7 heteroatoms. The maximum absolute atomic E-state index is 10.4. The van der Waals surface area contributed by atoms with E-state index in [-0.39, 0.29) is 13.0 Å². The van der Waals surface area contributed by atoms with Gasteiger partial charge in [-0.3, -0.25) is 9.36 Å². The summed E-state index contributed by atoms with van der Waals surface area (Å²) in [5.74, 6) is -2.30. The van der Waals surface area contributed by atoms with Gasteiger partial charge in [0.15, 0.2) is 5.85 Å². The van der Waals surface area contributed by atoms with E-state index in [1.165, 1.54) is 6.92 Å². The van der Waals surface area contributed by atoms with Gasteiger partial charge in [0.2, 0.25) is 0 Å². The van der Waals surface area contributed by atoms with Crippen molar-refractivity contribution in [3.63, 3.8) is 0 Å². The molecule has 0 aromatic rings. The molecule has 0 saturated heterocycles. The summed E-state index contributed by atoms with van der Waals surface area (Å²) in [6.07, 6.45) is -0.260. The van der Waals surface area contributed by atoms with Crippen molar-refractivity contribution < 1.29 is 29.0 Å². The van der Waals surface area contributed by atoms with Gasteiger partial charge in [0.1, 0.15) is 0 Å². The van der Waals surface area contributed by atoms with Gasteiger partial charge in [-0.25, -0.2) is 0 Å². The number of rotatable bonds is 5. The predicted molar refractivity (Wildman–Crippen MR) is 39.7 cm³/mol. The fourth-order valence-corrected chi connectivity index (χ4v) is 0.713. The molecule has 12 heavy (non-hydrogen) atoms. The van der Waals surface area contributed by atoms with E-state index in [1.54, 1.807) is 0 Å². The highest BCUT2D eigenvalue weighted by atomic mass is 31.2. The predicted octanol–water partition coefficient (Wildman–Crippen LogP) is 0.00140. The standard InChI is InChI=1S/C5H11O6P/c1-4(12(8,9)10)11-3-2-5(6)7/h4H,2-3H2,1H3,(H,6,7)(H2,8,9,10). The summed E-state index contributed by atoms with van der Waals surface area (Å²) in [6, 6.07) is 0. The van der Waals surface area contributed by atoms with Crippen molar-refractivity contribution in [1.29, 1.82) is 0 Å². The lowest BCUT2D eigenvalue weighted by Crippen LogP contribution is -2.11. The molecule has 0 aliphatic heterocycles. The maximum atomic E-state index is 10.4. The van der Waals surface area contributed by atoms with Crippen molar-refractivity contribution in [2.75, 3.05) is 6.61 Å². The average molecular weight is 198 g/mol. The lowest BCUT2D eigenvalue weighted by molar-refractivity contribution is -0.138. The first-order valence-electron chi connectivity index (χ1n) is 3.22. The molecule has 0 aromatic carbocycles. The fourth-order valence-electron chi connectivity index (χ4n) is 0.414. The minimum atomic E-state index is -4.23. The molecule has 0 rings (SSSR count). The number of carboxylic acid groups (broad SMARTS) is 1. The highest BCUT2D eigenvalue weighted by molar-refractivity contribution is 7.52. The van der Waals surface area contributed by atoms with E-state index in [2.05, 4.69) is 4.74 Å². The molecule has 0 fully saturated rings. The monoisotopic (exact) mass is 198 g/mol. The van der Waals surface area contributed by atoms with Crippen LogP contribution in [0, 0.1) is 0 Å². The van der Waals surface area contributed by atoms with Gasteiger partial charge in [0.05, 0.1) is 13.0 Å². The van der Waals surface area contributed by atoms with Crippen LogP contribution in [0.5, 0.6) is 0 Å². The minimum absolute atomic E-state index is 0.193. The zero-order chi connectivity index (χ0) is 9.78. The molecule has 0 aliphatic rings. The Bertz CT molecular complexity index is 196. The van der Waals surface area contributed by atoms with E-state index in [0.717, 1.165) is 0 Å². The second-order valence-corrected chi connectivity index (χ2v) is 4.11. The van der Waals surface area contributed by atoms with Crippen LogP contribution < -0.4 is 0 Å². The van der Waals surface area contributed by atoms with Gasteiger partial charge in [-0.2, -0.15) is 0 Å². The number of hydrogen-bond donors (Lipinski definition) is 3. The third-order valence-electron chi connectivity index (χ3n) is 1.15. The molecule has 0 radical (unpaired) electrons. The first-order valence-corrected chi connectivity index (χ1v) is 4.91. The molecule has 1 unspecified atom stereocenters. The number of hydrogen-bond acceptors (Lipinski definition) is 3. The van der Waals surface area contributed by atoms with Crippen LogP contribution in [0.4, 0.5) is 0 Å². The van der Waals surface area contributed by atoms with Gasteiger partial charge in [-0.05, 0) is 6.92 Å². The van der Waals surface area contributed by atoms with Crippen molar-refractivity contribution in [3.8, 4) is 0 Å². The first kappa shape index (κ1) is 11.6. The summed E-state index contributed by atoms with van der Waals surface area (Å²) >= 11 is 0. The topological polar surface area (TPSA) is 104 Å². The smallest absolute Gasteiger partial charge is 0.353 e. The Morgan fingerprint density at radius 2 is 2.08 bits per heavy atom. The third-order valence-corrected chi connectivity index (χ3v) is 2.25. The summed E-state index contributed by atoms with van der Waals surface area (Å²) in [5, 5.41) is 8.16. The SMILES string of the molecule is CC(OCCC(=O)O)P(=O)(O)O. The largest absolute Gasteiger partial charge is 0.481 e. The summed E-state index contributed by atoms with van der Waals surface area (Å²) in [5.41, 5.74) is 0. The summed E-state index contributed by atoms with van der Waals surface area (Å²) < 4.78 is 15.0. The van der Waals surface area contributed by atoms with E-state index in [1.807, 2.05) is 0 Å². The lowest BCUT2D eigenvalue weighted by atomic mass is 10.5. The Balaban J connectivity index is 3.65. The van der Waals surface area contributed by atoms with Crippen molar-refractivity contribution in [2.24, 2.45) is 0 Å². The van der Waals surface area contributed by atoms with Crippen molar-refractivity contribution in [2.45, 2.75) is 19.2 Å². The average Bonchev–Trinajstić information content (AvgIpc) is 1.84. The van der Waals surface area contributed by atoms with Crippen molar-refractivity contribution >= 4 is 13.6 Å². The van der Waals surface area contributed by atoms with Gasteiger partial charge in [-0.15, -0.1) is 0 Å². The molecular weight excluding hydrogens is 187 g/mol. The fraction of sp³-hybridized carbons (Fsp3) is 0.800. The van der Waals surface area contributed by atoms with Gasteiger partial charge >= 0.3 is 13.6 Å². The van der Waals surface area contributed by atoms with Crippen LogP contribution in [0.1, 0.15) is 13.3 Å². The summed E-state index contributed by atoms with van der Waals surface area (Å²) in [6.45, 7) is 1.00. The second-order valence-electron chi connectivity index (χ2n) is 2.20. The van der Waals surface area contributed by atoms with Crippen molar-refractivity contribution in [3.05, 3.63) is 0 Å². The van der Waals surface area contributed by atoms with E-state index in [0.29, 0.717) is 0 Å². The van der Waals surface area contributed by atoms with Gasteiger partial charge < -0.3 is 19.6 Å². The first-order chi connectivity index (χ1) is 5.34. The number of aliphatic carboxylic acids is 1. The quantitative estimate of drug-likeness (QED) is 0.537. The highest BCUT2D eigenvalue weighted by Gasteiger charge is 2.24. The summed E-state index contributed by atoms with van der Waals surface area (Å²) in [4.78, 5) is 26.9. The van der Waals surface area contributed by atoms with E-state index < -0.39 is 19.4 Å². The molecule has 72 valence electrons. The van der Waals surface area contributed by atoms with Crippen LogP contribution in [-0.4, -0.2) is 33.3 Å². The Morgan fingerprint density at radius 1 is 1.58 bits per heavy atom. The zero-order valence-corrected chi connectivity index (χ0v) is 7.40. The van der Waals surface area contributed by atoms with Gasteiger partial charge in [-0.1, -0.05) is 0 Å². The molecule has 3 N–H and O–H groups in total. The van der Waals surface area contributed by atoms with Crippen LogP contribution in [0.25, 0.3) is 0 Å². The molecule has 0 saturated carbocycles. The number of carboxylic acids is 1. The maximum Gasteiger partial charge on any atom is 0.353 e. The summed E-state index contributed by atoms with van der Waals surface area (Å²) in [7, 11) is -4.23. The Kier molecular flexibility index (Phi) is 4.41. The van der Waals surface area contributed by atoms with Gasteiger partial charge in [0.25, 0.3) is 0 Å². The van der Waals surface area contributed by atoms with E-state index in [4.69, 9.17) is 14.9 Å². The van der Waals surface area contributed by atoms with E-state index in [9.17, 15) is 9.36 Å². The molecule has 0 aliphatic carbocycles. The van der Waals surface area contributed by atoms with Crippen molar-refractivity contribution in [1.82, 2.24) is 0 Å². The molecule has 1 atom stereocenters. The van der Waals surface area contributed by atoms with Gasteiger partial charge in [0, 0.05) is 0 Å². The van der Waals surface area contributed by atoms with Crippen LogP contribution in [0.3, 0.4) is 0 Å². The molecular formula is C5H11O6P. The van der Waals surface area contributed by atoms with Crippen LogP contribution in [-0.2, 0) is 14.1 Å². The zero-order valence-electron chi connectivity index (χ0n) is 6.51. The highest BCUT2D eigenvalue weighted by Crippen LogP contribution is 2.41. The van der Waals surface area contributed by atoms with Crippen LogP contribution in [0.2, 0.25) is 0 Å². The number of ether oxygens (including phenoxy) is 1. The Hall–Kier alpha value is -0.420. The van der Waals surface area contributed by atoms with Crippen LogP contribution in [0.15, 0.2) is 0 Å². The normalized spacial score (nSPS) is 14.2. The van der Waals surface area contributed by atoms with Crippen LogP contribution >= 0.6 is 7.60 Å². The number of carbonyl (C=O) groups is 1. The molecule has 6 nitrogen and oxygen atoms in total. The minimum Gasteiger partial charge on any atom is -0.481 e. The molecule has 0 heterocycles.